The lowest BCUT2D eigenvalue weighted by Crippen LogP contribution is -2.58. The second-order valence-corrected chi connectivity index (χ2v) is 7.91. The third kappa shape index (κ3) is 3.92. The molecule has 2 heterocycles. The molecule has 0 saturated carbocycles. The second kappa shape index (κ2) is 6.78. The average molecular weight is 364 g/mol. The van der Waals surface area contributed by atoms with Crippen LogP contribution in [0.15, 0.2) is 24.3 Å². The summed E-state index contributed by atoms with van der Waals surface area (Å²) in [5, 5.41) is 2.72. The molecule has 142 valence electrons. The minimum absolute atomic E-state index is 0.0958. The van der Waals surface area contributed by atoms with E-state index in [1.165, 1.54) is 12.1 Å². The Morgan fingerprint density at radius 1 is 1.27 bits per heavy atom. The molecule has 7 heteroatoms. The third-order valence-corrected chi connectivity index (χ3v) is 4.92. The van der Waals surface area contributed by atoms with Gasteiger partial charge in [-0.25, -0.2) is 14.0 Å². The average Bonchev–Trinajstić information content (AvgIpc) is 2.55. The Morgan fingerprint density at radius 2 is 1.88 bits per heavy atom. The quantitative estimate of drug-likeness (QED) is 0.829. The molecule has 0 aromatic heterocycles. The van der Waals surface area contributed by atoms with Crippen LogP contribution in [0.1, 0.15) is 45.1 Å². The summed E-state index contributed by atoms with van der Waals surface area (Å²) in [4.78, 5) is 25.8. The Bertz CT molecular complexity index is 676. The fraction of sp³-hybridized carbons (Fsp3) is 0.579. The molecule has 2 aliphatic heterocycles. The van der Waals surface area contributed by atoms with E-state index in [9.17, 15) is 14.0 Å². The molecule has 1 atom stereocenters. The zero-order chi connectivity index (χ0) is 18.9. The smallest absolute Gasteiger partial charge is 0.410 e. The maximum Gasteiger partial charge on any atom is 0.410 e. The molecule has 0 bridgehead atoms. The van der Waals surface area contributed by atoms with Gasteiger partial charge in [-0.15, -0.1) is 0 Å². The van der Waals surface area contributed by atoms with Crippen molar-refractivity contribution in [2.75, 3.05) is 19.6 Å². The van der Waals surface area contributed by atoms with Crippen molar-refractivity contribution in [1.29, 1.82) is 0 Å². The first-order valence-corrected chi connectivity index (χ1v) is 8.89. The van der Waals surface area contributed by atoms with Gasteiger partial charge in [0.15, 0.2) is 0 Å². The molecule has 1 aromatic rings. The molecule has 0 radical (unpaired) electrons. The summed E-state index contributed by atoms with van der Waals surface area (Å²) in [6, 6.07) is 6.27. The molecule has 1 N–H and O–H groups in total. The SMILES string of the molecule is CC(C)(C)OC(=O)N1CCC2(CC1)OC(=O)NC[C@@H]2c1ccc(F)cc1. The predicted molar refractivity (Wildman–Crippen MR) is 93.4 cm³/mol. The summed E-state index contributed by atoms with van der Waals surface area (Å²) in [5.41, 5.74) is -0.333. The van der Waals surface area contributed by atoms with E-state index in [1.54, 1.807) is 17.0 Å². The summed E-state index contributed by atoms with van der Waals surface area (Å²) in [5.74, 6) is -0.398. The highest BCUT2D eigenvalue weighted by atomic mass is 19.1. The number of hydrogen-bond acceptors (Lipinski definition) is 4. The molecular weight excluding hydrogens is 339 g/mol. The van der Waals surface area contributed by atoms with Crippen molar-refractivity contribution < 1.29 is 23.5 Å². The van der Waals surface area contributed by atoms with E-state index in [2.05, 4.69) is 5.32 Å². The minimum atomic E-state index is -0.696. The van der Waals surface area contributed by atoms with E-state index in [0.717, 1.165) is 5.56 Å². The van der Waals surface area contributed by atoms with Gasteiger partial charge < -0.3 is 19.7 Å². The molecule has 2 fully saturated rings. The number of benzene rings is 1. The van der Waals surface area contributed by atoms with Gasteiger partial charge in [0.2, 0.25) is 0 Å². The van der Waals surface area contributed by atoms with Crippen molar-refractivity contribution in [1.82, 2.24) is 10.2 Å². The van der Waals surface area contributed by atoms with Gasteiger partial charge in [0.25, 0.3) is 0 Å². The largest absolute Gasteiger partial charge is 0.444 e. The maximum atomic E-state index is 13.3. The molecule has 2 saturated heterocycles. The molecule has 0 unspecified atom stereocenters. The van der Waals surface area contributed by atoms with Gasteiger partial charge >= 0.3 is 12.2 Å². The number of nitrogens with zero attached hydrogens (tertiary/aromatic N) is 1. The Kier molecular flexibility index (Phi) is 4.82. The number of carbonyl (C=O) groups excluding carboxylic acids is 2. The number of ether oxygens (including phenoxy) is 2. The highest BCUT2D eigenvalue weighted by Gasteiger charge is 2.49. The zero-order valence-electron chi connectivity index (χ0n) is 15.4. The van der Waals surface area contributed by atoms with E-state index in [0.29, 0.717) is 32.5 Å². The molecule has 3 rings (SSSR count). The van der Waals surface area contributed by atoms with E-state index in [-0.39, 0.29) is 17.8 Å². The highest BCUT2D eigenvalue weighted by Crippen LogP contribution is 2.42. The number of alkyl carbamates (subject to hydrolysis) is 1. The summed E-state index contributed by atoms with van der Waals surface area (Å²) >= 11 is 0. The van der Waals surface area contributed by atoms with Crippen LogP contribution in [0.25, 0.3) is 0 Å². The number of amides is 2. The number of nitrogens with one attached hydrogen (secondary N) is 1. The molecule has 1 aromatic carbocycles. The van der Waals surface area contributed by atoms with Crippen molar-refractivity contribution in [3.05, 3.63) is 35.6 Å². The number of rotatable bonds is 1. The fourth-order valence-electron chi connectivity index (χ4n) is 3.62. The normalized spacial score (nSPS) is 22.5. The topological polar surface area (TPSA) is 67.9 Å². The van der Waals surface area contributed by atoms with Crippen molar-refractivity contribution in [2.45, 2.75) is 50.7 Å². The van der Waals surface area contributed by atoms with Crippen LogP contribution in [0.2, 0.25) is 0 Å². The van der Waals surface area contributed by atoms with Gasteiger partial charge in [-0.3, -0.25) is 0 Å². The number of likely N-dealkylation sites (tertiary alicyclic amines) is 1. The van der Waals surface area contributed by atoms with Crippen molar-refractivity contribution >= 4 is 12.2 Å². The van der Waals surface area contributed by atoms with Crippen molar-refractivity contribution in [3.8, 4) is 0 Å². The first-order valence-electron chi connectivity index (χ1n) is 8.89. The van der Waals surface area contributed by atoms with Gasteiger partial charge in [-0.1, -0.05) is 12.1 Å². The van der Waals surface area contributed by atoms with Crippen LogP contribution < -0.4 is 5.32 Å². The number of hydrogen-bond donors (Lipinski definition) is 1. The number of piperidine rings is 1. The summed E-state index contributed by atoms with van der Waals surface area (Å²) in [6.45, 7) is 6.80. The van der Waals surface area contributed by atoms with Crippen LogP contribution in [-0.2, 0) is 9.47 Å². The van der Waals surface area contributed by atoms with Gasteiger partial charge in [-0.2, -0.15) is 0 Å². The Morgan fingerprint density at radius 3 is 2.46 bits per heavy atom. The predicted octanol–water partition coefficient (Wildman–Crippen LogP) is 3.42. The first-order chi connectivity index (χ1) is 12.2. The molecule has 26 heavy (non-hydrogen) atoms. The summed E-state index contributed by atoms with van der Waals surface area (Å²) in [6.07, 6.45) is 0.226. The van der Waals surface area contributed by atoms with E-state index < -0.39 is 17.3 Å². The molecule has 2 aliphatic rings. The summed E-state index contributed by atoms with van der Waals surface area (Å²) in [7, 11) is 0. The molecule has 6 nitrogen and oxygen atoms in total. The van der Waals surface area contributed by atoms with Crippen molar-refractivity contribution in [2.24, 2.45) is 0 Å². The van der Waals surface area contributed by atoms with Crippen LogP contribution >= 0.6 is 0 Å². The molecule has 0 aliphatic carbocycles. The zero-order valence-corrected chi connectivity index (χ0v) is 15.4. The first kappa shape index (κ1) is 18.5. The van der Waals surface area contributed by atoms with E-state index in [4.69, 9.17) is 9.47 Å². The van der Waals surface area contributed by atoms with E-state index in [1.807, 2.05) is 20.8 Å². The maximum absolute atomic E-state index is 13.3. The van der Waals surface area contributed by atoms with Crippen LogP contribution in [0.4, 0.5) is 14.0 Å². The molecule has 1 spiro atoms. The molecular formula is C19H25FN2O4. The monoisotopic (exact) mass is 364 g/mol. The standard InChI is InChI=1S/C19H25FN2O4/c1-18(2,3)26-17(24)22-10-8-19(9-11-22)15(12-21-16(23)25-19)13-4-6-14(20)7-5-13/h4-7,15H,8-12H2,1-3H3,(H,21,23)/t15-/m1/s1. The van der Waals surface area contributed by atoms with E-state index >= 15 is 0 Å². The lowest BCUT2D eigenvalue weighted by molar-refractivity contribution is -0.0705. The van der Waals surface area contributed by atoms with Crippen LogP contribution in [0.3, 0.4) is 0 Å². The van der Waals surface area contributed by atoms with Crippen molar-refractivity contribution in [3.63, 3.8) is 0 Å². The Labute approximate surface area is 152 Å². The lowest BCUT2D eigenvalue weighted by atomic mass is 9.75. The number of carbonyl (C=O) groups is 2. The Balaban J connectivity index is 1.75. The number of halogens is 1. The van der Waals surface area contributed by atoms with Gasteiger partial charge in [0.05, 0.1) is 0 Å². The summed E-state index contributed by atoms with van der Waals surface area (Å²) < 4.78 is 24.4. The molecule has 2 amide bonds. The van der Waals surface area contributed by atoms with Gasteiger partial charge in [0, 0.05) is 38.4 Å². The van der Waals surface area contributed by atoms with Gasteiger partial charge in [0.1, 0.15) is 17.0 Å². The highest BCUT2D eigenvalue weighted by molar-refractivity contribution is 5.70. The van der Waals surface area contributed by atoms with Crippen LogP contribution in [0.5, 0.6) is 0 Å². The minimum Gasteiger partial charge on any atom is -0.444 e. The van der Waals surface area contributed by atoms with Gasteiger partial charge in [-0.05, 0) is 38.5 Å². The third-order valence-electron chi connectivity index (χ3n) is 4.92. The lowest BCUT2D eigenvalue weighted by Gasteiger charge is -2.48. The van der Waals surface area contributed by atoms with Crippen LogP contribution in [0, 0.1) is 5.82 Å². The van der Waals surface area contributed by atoms with Crippen LogP contribution in [-0.4, -0.2) is 47.9 Å². The Hall–Kier alpha value is -2.31. The second-order valence-electron chi connectivity index (χ2n) is 7.91. The fourth-order valence-corrected chi connectivity index (χ4v) is 3.62.